The Morgan fingerprint density at radius 1 is 1.30 bits per heavy atom. The molecule has 1 aromatic rings. The summed E-state index contributed by atoms with van der Waals surface area (Å²) >= 11 is 2.00. The molecule has 1 aromatic carbocycles. The van der Waals surface area contributed by atoms with Gasteiger partial charge in [-0.2, -0.15) is 11.8 Å². The zero-order valence-corrected chi connectivity index (χ0v) is 12.6. The highest BCUT2D eigenvalue weighted by atomic mass is 32.2. The van der Waals surface area contributed by atoms with Crippen LogP contribution >= 0.6 is 11.8 Å². The molecule has 20 heavy (non-hydrogen) atoms. The van der Waals surface area contributed by atoms with Crippen LogP contribution in [0.2, 0.25) is 0 Å². The molecule has 0 aromatic heterocycles. The Hall–Kier alpha value is -1.04. The Bertz CT molecular complexity index is 407. The second-order valence-corrected chi connectivity index (χ2v) is 6.17. The van der Waals surface area contributed by atoms with Gasteiger partial charge in [-0.1, -0.05) is 30.3 Å². The molecule has 110 valence electrons. The van der Waals surface area contributed by atoms with Crippen molar-refractivity contribution in [1.82, 2.24) is 10.2 Å². The van der Waals surface area contributed by atoms with Crippen molar-refractivity contribution in [3.8, 4) is 0 Å². The first-order chi connectivity index (χ1) is 9.81. The molecule has 0 bridgehead atoms. The highest BCUT2D eigenvalue weighted by Gasteiger charge is 2.18. The van der Waals surface area contributed by atoms with Crippen LogP contribution in [0.15, 0.2) is 30.3 Å². The molecule has 0 aliphatic carbocycles. The lowest BCUT2D eigenvalue weighted by molar-refractivity contribution is -0.122. The summed E-state index contributed by atoms with van der Waals surface area (Å²) in [6.45, 7) is 4.22. The fourth-order valence-corrected chi connectivity index (χ4v) is 3.34. The maximum absolute atomic E-state index is 12.2. The monoisotopic (exact) mass is 293 g/mol. The van der Waals surface area contributed by atoms with Crippen molar-refractivity contribution in [2.24, 2.45) is 5.73 Å². The first-order valence-corrected chi connectivity index (χ1v) is 8.29. The second-order valence-electron chi connectivity index (χ2n) is 4.94. The number of benzene rings is 1. The number of nitrogens with two attached hydrogens (primary N) is 1. The number of hydrogen-bond donors (Lipinski definition) is 2. The summed E-state index contributed by atoms with van der Waals surface area (Å²) in [5.74, 6) is 2.19. The van der Waals surface area contributed by atoms with Crippen LogP contribution in [0.5, 0.6) is 0 Å². The first kappa shape index (κ1) is 15.4. The van der Waals surface area contributed by atoms with E-state index in [1.54, 1.807) is 0 Å². The van der Waals surface area contributed by atoms with Crippen molar-refractivity contribution >= 4 is 17.7 Å². The van der Waals surface area contributed by atoms with E-state index in [9.17, 15) is 4.79 Å². The van der Waals surface area contributed by atoms with Crippen molar-refractivity contribution in [2.45, 2.75) is 5.92 Å². The molecule has 1 aliphatic rings. The van der Waals surface area contributed by atoms with Crippen molar-refractivity contribution < 1.29 is 4.79 Å². The van der Waals surface area contributed by atoms with E-state index < -0.39 is 0 Å². The molecule has 1 aliphatic heterocycles. The van der Waals surface area contributed by atoms with Gasteiger partial charge in [0.05, 0.1) is 5.92 Å². The van der Waals surface area contributed by atoms with Crippen molar-refractivity contribution in [3.05, 3.63) is 35.9 Å². The van der Waals surface area contributed by atoms with E-state index in [0.29, 0.717) is 13.1 Å². The molecule has 4 nitrogen and oxygen atoms in total. The van der Waals surface area contributed by atoms with Crippen molar-refractivity contribution in [1.29, 1.82) is 0 Å². The minimum Gasteiger partial charge on any atom is -0.354 e. The fraction of sp³-hybridized carbons (Fsp3) is 0.533. The Morgan fingerprint density at radius 2 is 2.00 bits per heavy atom. The van der Waals surface area contributed by atoms with Gasteiger partial charge >= 0.3 is 0 Å². The summed E-state index contributed by atoms with van der Waals surface area (Å²) in [5.41, 5.74) is 6.73. The highest BCUT2D eigenvalue weighted by molar-refractivity contribution is 7.99. The number of thioether (sulfide) groups is 1. The van der Waals surface area contributed by atoms with Gasteiger partial charge in [0.1, 0.15) is 0 Å². The third-order valence-electron chi connectivity index (χ3n) is 3.59. The second kappa shape index (κ2) is 8.29. The molecule has 0 spiro atoms. The van der Waals surface area contributed by atoms with Crippen molar-refractivity contribution in [2.75, 3.05) is 44.2 Å². The number of amides is 1. The molecule has 1 fully saturated rings. The van der Waals surface area contributed by atoms with Gasteiger partial charge < -0.3 is 11.1 Å². The van der Waals surface area contributed by atoms with E-state index in [1.807, 2.05) is 42.1 Å². The normalized spacial score (nSPS) is 17.6. The summed E-state index contributed by atoms with van der Waals surface area (Å²) in [6, 6.07) is 9.74. The van der Waals surface area contributed by atoms with E-state index in [4.69, 9.17) is 5.73 Å². The topological polar surface area (TPSA) is 58.4 Å². The number of rotatable bonds is 6. The summed E-state index contributed by atoms with van der Waals surface area (Å²) in [6.07, 6.45) is 0. The van der Waals surface area contributed by atoms with Gasteiger partial charge in [0.25, 0.3) is 0 Å². The largest absolute Gasteiger partial charge is 0.354 e. The smallest absolute Gasteiger partial charge is 0.228 e. The van der Waals surface area contributed by atoms with Crippen molar-refractivity contribution in [3.63, 3.8) is 0 Å². The van der Waals surface area contributed by atoms with Gasteiger partial charge in [-0.3, -0.25) is 9.69 Å². The molecule has 1 atom stereocenters. The summed E-state index contributed by atoms with van der Waals surface area (Å²) in [5, 5.41) is 3.01. The summed E-state index contributed by atoms with van der Waals surface area (Å²) < 4.78 is 0. The Kier molecular flexibility index (Phi) is 6.36. The maximum atomic E-state index is 12.2. The number of nitrogens with zero attached hydrogens (tertiary/aromatic N) is 1. The van der Waals surface area contributed by atoms with Gasteiger partial charge in [-0.25, -0.2) is 0 Å². The van der Waals surface area contributed by atoms with Gasteiger partial charge in [0.2, 0.25) is 5.91 Å². The van der Waals surface area contributed by atoms with Gasteiger partial charge in [-0.05, 0) is 5.56 Å². The predicted octanol–water partition coefficient (Wildman–Crippen LogP) is 0.894. The van der Waals surface area contributed by atoms with Crippen LogP contribution in [0.25, 0.3) is 0 Å². The Morgan fingerprint density at radius 3 is 2.65 bits per heavy atom. The zero-order valence-electron chi connectivity index (χ0n) is 11.8. The molecule has 0 radical (unpaired) electrons. The van der Waals surface area contributed by atoms with E-state index in [0.717, 1.165) is 25.2 Å². The number of carbonyl (C=O) groups excluding carboxylic acids is 1. The van der Waals surface area contributed by atoms with Crippen LogP contribution in [0.1, 0.15) is 11.5 Å². The van der Waals surface area contributed by atoms with Crippen LogP contribution in [0.3, 0.4) is 0 Å². The Labute approximate surface area is 125 Å². The lowest BCUT2D eigenvalue weighted by Gasteiger charge is -2.26. The SMILES string of the molecule is NCC(C(=O)NCCN1CCSCC1)c1ccccc1. The molecular weight excluding hydrogens is 270 g/mol. The van der Waals surface area contributed by atoms with Crippen LogP contribution in [-0.4, -0.2) is 55.0 Å². The molecule has 2 rings (SSSR count). The molecular formula is C15H23N3OS. The molecule has 1 heterocycles. The predicted molar refractivity (Wildman–Crippen MR) is 85.0 cm³/mol. The summed E-state index contributed by atoms with van der Waals surface area (Å²) in [4.78, 5) is 14.6. The van der Waals surface area contributed by atoms with Crippen LogP contribution in [0.4, 0.5) is 0 Å². The maximum Gasteiger partial charge on any atom is 0.228 e. The third-order valence-corrected chi connectivity index (χ3v) is 4.53. The van der Waals surface area contributed by atoms with Gasteiger partial charge in [0.15, 0.2) is 0 Å². The molecule has 1 unspecified atom stereocenters. The molecule has 1 amide bonds. The molecule has 3 N–H and O–H groups in total. The van der Waals surface area contributed by atoms with E-state index in [2.05, 4.69) is 10.2 Å². The van der Waals surface area contributed by atoms with Crippen LogP contribution in [0, 0.1) is 0 Å². The van der Waals surface area contributed by atoms with Crippen LogP contribution < -0.4 is 11.1 Å². The van der Waals surface area contributed by atoms with E-state index >= 15 is 0 Å². The minimum atomic E-state index is -0.242. The fourth-order valence-electron chi connectivity index (χ4n) is 2.37. The third kappa shape index (κ3) is 4.51. The minimum absolute atomic E-state index is 0.0325. The lowest BCUT2D eigenvalue weighted by atomic mass is 9.98. The standard InChI is InChI=1S/C15H23N3OS/c16-12-14(13-4-2-1-3-5-13)15(19)17-6-7-18-8-10-20-11-9-18/h1-5,14H,6-12,16H2,(H,17,19). The van der Waals surface area contributed by atoms with Gasteiger partial charge in [-0.15, -0.1) is 0 Å². The van der Waals surface area contributed by atoms with E-state index in [-0.39, 0.29) is 11.8 Å². The Balaban J connectivity index is 1.78. The molecule has 1 saturated heterocycles. The van der Waals surface area contributed by atoms with E-state index in [1.165, 1.54) is 11.5 Å². The lowest BCUT2D eigenvalue weighted by Crippen LogP contribution is -2.41. The first-order valence-electron chi connectivity index (χ1n) is 7.14. The quantitative estimate of drug-likeness (QED) is 0.818. The number of nitrogens with one attached hydrogen (secondary N) is 1. The summed E-state index contributed by atoms with van der Waals surface area (Å²) in [7, 11) is 0. The highest BCUT2D eigenvalue weighted by Crippen LogP contribution is 2.14. The zero-order chi connectivity index (χ0) is 14.2. The van der Waals surface area contributed by atoms with Gasteiger partial charge in [0, 0.05) is 44.2 Å². The van der Waals surface area contributed by atoms with Crippen LogP contribution in [-0.2, 0) is 4.79 Å². The average Bonchev–Trinajstić information content (AvgIpc) is 2.50. The molecule has 0 saturated carbocycles. The molecule has 5 heteroatoms. The number of carbonyl (C=O) groups is 1. The number of hydrogen-bond acceptors (Lipinski definition) is 4. The average molecular weight is 293 g/mol.